The molecule has 2 N–H and O–H groups in total. The summed E-state index contributed by atoms with van der Waals surface area (Å²) in [5, 5.41) is 0. The lowest BCUT2D eigenvalue weighted by molar-refractivity contribution is -0.117. The summed E-state index contributed by atoms with van der Waals surface area (Å²) in [5.74, 6) is 0.255. The normalized spacial score (nSPS) is 6.55. The molecule has 0 aliphatic heterocycles. The fourth-order valence-corrected chi connectivity index (χ4v) is 0. The van der Waals surface area contributed by atoms with Crippen LogP contribution in [0.1, 0.15) is 20.3 Å². The van der Waals surface area contributed by atoms with Gasteiger partial charge in [-0.15, -0.1) is 0 Å². The summed E-state index contributed by atoms with van der Waals surface area (Å²) < 4.78 is 0. The van der Waals surface area contributed by atoms with E-state index < -0.39 is 0 Å². The smallest absolute Gasteiger partial charge is 0.209 e. The van der Waals surface area contributed by atoms with Gasteiger partial charge in [0.2, 0.25) is 6.41 Å². The van der Waals surface area contributed by atoms with Gasteiger partial charge in [0.15, 0.2) is 0 Å². The van der Waals surface area contributed by atoms with Gasteiger partial charge < -0.3 is 15.2 Å². The van der Waals surface area contributed by atoms with Gasteiger partial charge in [-0.3, -0.25) is 4.79 Å². The molecule has 0 radical (unpaired) electrons. The molecule has 0 bridgehead atoms. The zero-order chi connectivity index (χ0) is 8.57. The third-order valence-electron chi connectivity index (χ3n) is 0.709. The Morgan fingerprint density at radius 2 is 1.64 bits per heavy atom. The summed E-state index contributed by atoms with van der Waals surface area (Å²) in [6, 6.07) is 0. The SMILES string of the molecule is CCC(C)=O.CN(C)C=O.O. The number of Topliss-reactive ketones (excluding diaryl/α,β-unsaturated/α-hetero) is 1. The summed E-state index contributed by atoms with van der Waals surface area (Å²) in [5.41, 5.74) is 0. The van der Waals surface area contributed by atoms with Crippen molar-refractivity contribution in [3.05, 3.63) is 0 Å². The molecule has 0 unspecified atom stereocenters. The van der Waals surface area contributed by atoms with E-state index in [0.717, 1.165) is 6.41 Å². The zero-order valence-electron chi connectivity index (χ0n) is 7.55. The minimum atomic E-state index is 0. The van der Waals surface area contributed by atoms with Crippen molar-refractivity contribution in [2.75, 3.05) is 14.1 Å². The van der Waals surface area contributed by atoms with Crippen LogP contribution in [0.2, 0.25) is 0 Å². The Morgan fingerprint density at radius 3 is 1.64 bits per heavy atom. The first kappa shape index (κ1) is 16.6. The van der Waals surface area contributed by atoms with Gasteiger partial charge in [0.25, 0.3) is 0 Å². The lowest BCUT2D eigenvalue weighted by atomic mass is 10.4. The molecular formula is C7H17NO3. The minimum absolute atomic E-state index is 0. The third-order valence-corrected chi connectivity index (χ3v) is 0.709. The largest absolute Gasteiger partial charge is 0.412 e. The molecule has 68 valence electrons. The maximum absolute atomic E-state index is 9.81. The standard InChI is InChI=1S/C4H8O.C3H7NO.H2O/c1-3-4(2)5;1-4(2)3-5;/h3H2,1-2H3;3H,1-2H3;1H2. The van der Waals surface area contributed by atoms with Crippen LogP contribution in [0, 0.1) is 0 Å². The van der Waals surface area contributed by atoms with Crippen molar-refractivity contribution in [2.45, 2.75) is 20.3 Å². The lowest BCUT2D eigenvalue weighted by Gasteiger charge is -1.93. The number of hydrogen-bond donors (Lipinski definition) is 0. The van der Waals surface area contributed by atoms with E-state index in [1.165, 1.54) is 4.90 Å². The molecule has 4 heteroatoms. The van der Waals surface area contributed by atoms with E-state index in [2.05, 4.69) is 0 Å². The summed E-state index contributed by atoms with van der Waals surface area (Å²) in [6.45, 7) is 3.43. The van der Waals surface area contributed by atoms with Crippen molar-refractivity contribution in [1.82, 2.24) is 4.90 Å². The van der Waals surface area contributed by atoms with Crippen molar-refractivity contribution in [1.29, 1.82) is 0 Å². The molecular weight excluding hydrogens is 146 g/mol. The molecule has 0 aliphatic rings. The number of carbonyl (C=O) groups is 2. The Labute approximate surface area is 67.5 Å². The monoisotopic (exact) mass is 163 g/mol. The van der Waals surface area contributed by atoms with Gasteiger partial charge in [0.05, 0.1) is 0 Å². The van der Waals surface area contributed by atoms with Gasteiger partial charge in [0, 0.05) is 20.5 Å². The highest BCUT2D eigenvalue weighted by molar-refractivity contribution is 5.74. The van der Waals surface area contributed by atoms with E-state index in [1.807, 2.05) is 6.92 Å². The number of amides is 1. The van der Waals surface area contributed by atoms with Crippen LogP contribution in [0.4, 0.5) is 0 Å². The van der Waals surface area contributed by atoms with Crippen LogP contribution in [-0.2, 0) is 9.59 Å². The van der Waals surface area contributed by atoms with Crippen molar-refractivity contribution in [2.24, 2.45) is 0 Å². The fraction of sp³-hybridized carbons (Fsp3) is 0.714. The summed E-state index contributed by atoms with van der Waals surface area (Å²) in [7, 11) is 3.38. The quantitative estimate of drug-likeness (QED) is 0.532. The number of ketones is 1. The number of rotatable bonds is 2. The molecule has 0 aliphatic carbocycles. The highest BCUT2D eigenvalue weighted by Gasteiger charge is 1.76. The molecule has 0 aromatic rings. The second-order valence-electron chi connectivity index (χ2n) is 2.12. The van der Waals surface area contributed by atoms with Crippen molar-refractivity contribution in [3.8, 4) is 0 Å². The van der Waals surface area contributed by atoms with Crippen LogP contribution in [0.5, 0.6) is 0 Å². The van der Waals surface area contributed by atoms with E-state index in [4.69, 9.17) is 0 Å². The van der Waals surface area contributed by atoms with Crippen LogP contribution in [0.15, 0.2) is 0 Å². The fourth-order valence-electron chi connectivity index (χ4n) is 0. The van der Waals surface area contributed by atoms with Gasteiger partial charge in [-0.2, -0.15) is 0 Å². The van der Waals surface area contributed by atoms with Crippen LogP contribution >= 0.6 is 0 Å². The molecule has 0 rings (SSSR count). The molecule has 11 heavy (non-hydrogen) atoms. The molecule has 0 saturated heterocycles. The first-order valence-corrected chi connectivity index (χ1v) is 3.15. The second kappa shape index (κ2) is 11.8. The molecule has 1 amide bonds. The highest BCUT2D eigenvalue weighted by atomic mass is 16.1. The van der Waals surface area contributed by atoms with E-state index in [1.54, 1.807) is 21.0 Å². The summed E-state index contributed by atoms with van der Waals surface area (Å²) in [6.07, 6.45) is 1.42. The Kier molecular flexibility index (Phi) is 17.9. The average molecular weight is 163 g/mol. The van der Waals surface area contributed by atoms with Crippen molar-refractivity contribution in [3.63, 3.8) is 0 Å². The third kappa shape index (κ3) is 47.7. The van der Waals surface area contributed by atoms with E-state index >= 15 is 0 Å². The Morgan fingerprint density at radius 1 is 1.45 bits per heavy atom. The molecule has 0 heterocycles. The van der Waals surface area contributed by atoms with Crippen molar-refractivity contribution >= 4 is 12.2 Å². The van der Waals surface area contributed by atoms with Crippen LogP contribution in [0.25, 0.3) is 0 Å². The Bertz CT molecular complexity index is 102. The van der Waals surface area contributed by atoms with Gasteiger partial charge in [-0.05, 0) is 6.92 Å². The summed E-state index contributed by atoms with van der Waals surface area (Å²) >= 11 is 0. The Hall–Kier alpha value is -0.900. The molecule has 0 aromatic carbocycles. The lowest BCUT2D eigenvalue weighted by Crippen LogP contribution is -2.06. The molecule has 4 nitrogen and oxygen atoms in total. The second-order valence-corrected chi connectivity index (χ2v) is 2.12. The highest BCUT2D eigenvalue weighted by Crippen LogP contribution is 1.71. The topological polar surface area (TPSA) is 68.9 Å². The number of carbonyl (C=O) groups excluding carboxylic acids is 2. The van der Waals surface area contributed by atoms with E-state index in [9.17, 15) is 9.59 Å². The van der Waals surface area contributed by atoms with Crippen LogP contribution in [-0.4, -0.2) is 36.7 Å². The maximum atomic E-state index is 9.81. The Balaban J connectivity index is -0.000000107. The first-order valence-electron chi connectivity index (χ1n) is 3.15. The molecule has 0 spiro atoms. The van der Waals surface area contributed by atoms with Gasteiger partial charge in [0.1, 0.15) is 5.78 Å². The van der Waals surface area contributed by atoms with Crippen LogP contribution < -0.4 is 0 Å². The van der Waals surface area contributed by atoms with Gasteiger partial charge >= 0.3 is 0 Å². The average Bonchev–Trinajstić information content (AvgIpc) is 1.89. The first-order chi connectivity index (χ1) is 4.54. The molecule has 0 fully saturated rings. The summed E-state index contributed by atoms with van der Waals surface area (Å²) in [4.78, 5) is 20.7. The molecule has 0 atom stereocenters. The van der Waals surface area contributed by atoms with E-state index in [-0.39, 0.29) is 11.3 Å². The maximum Gasteiger partial charge on any atom is 0.209 e. The van der Waals surface area contributed by atoms with Gasteiger partial charge in [-0.1, -0.05) is 6.92 Å². The predicted octanol–water partition coefficient (Wildman–Crippen LogP) is -0.135. The van der Waals surface area contributed by atoms with Gasteiger partial charge in [-0.25, -0.2) is 0 Å². The predicted molar refractivity (Wildman–Crippen MR) is 44.3 cm³/mol. The number of hydrogen-bond acceptors (Lipinski definition) is 2. The zero-order valence-corrected chi connectivity index (χ0v) is 7.55. The molecule has 0 aromatic heterocycles. The van der Waals surface area contributed by atoms with E-state index in [0.29, 0.717) is 6.42 Å². The van der Waals surface area contributed by atoms with Crippen LogP contribution in [0.3, 0.4) is 0 Å². The molecule has 0 saturated carbocycles. The number of nitrogens with zero attached hydrogens (tertiary/aromatic N) is 1. The van der Waals surface area contributed by atoms with Crippen molar-refractivity contribution < 1.29 is 15.1 Å². The minimum Gasteiger partial charge on any atom is -0.412 e.